The molecule has 0 atom stereocenters. The number of hydrogen-bond acceptors (Lipinski definition) is 4. The summed E-state index contributed by atoms with van der Waals surface area (Å²) in [6.45, 7) is 0. The van der Waals surface area contributed by atoms with Crippen molar-refractivity contribution >= 4 is 28.5 Å². The van der Waals surface area contributed by atoms with Crippen molar-refractivity contribution in [2.24, 2.45) is 0 Å². The second-order valence-corrected chi connectivity index (χ2v) is 4.74. The molecular weight excluding hydrogens is 305 g/mol. The average molecular weight is 318 g/mol. The van der Waals surface area contributed by atoms with E-state index in [1.807, 2.05) is 12.5 Å². The first-order valence-corrected chi connectivity index (χ1v) is 7.34. The molecule has 3 nitrogen and oxygen atoms in total. The zero-order chi connectivity index (χ0) is 16.0. The van der Waals surface area contributed by atoms with Gasteiger partial charge in [-0.1, -0.05) is 24.3 Å². The summed E-state index contributed by atoms with van der Waals surface area (Å²) in [7, 11) is 0. The largest absolute Gasteiger partial charge is 0.507 e. The molecule has 0 unspecified atom stereocenters. The molecule has 114 valence electrons. The number of carbonyl (C=O) groups excluding carboxylic acids is 1. The number of halogens is 3. The SMILES string of the molecule is CSC.O=C(Oc1ccc(O)c2ccccc12)C(F)(F)F. The number of alkyl halides is 3. The third-order valence-electron chi connectivity index (χ3n) is 2.30. The molecule has 0 saturated carbocycles. The summed E-state index contributed by atoms with van der Waals surface area (Å²) < 4.78 is 40.5. The van der Waals surface area contributed by atoms with Gasteiger partial charge in [0.25, 0.3) is 0 Å². The number of esters is 1. The van der Waals surface area contributed by atoms with Crippen molar-refractivity contribution in [3.05, 3.63) is 36.4 Å². The molecule has 2 aromatic carbocycles. The highest BCUT2D eigenvalue weighted by molar-refractivity contribution is 7.97. The number of hydrogen-bond donors (Lipinski definition) is 1. The van der Waals surface area contributed by atoms with Crippen LogP contribution < -0.4 is 4.74 Å². The van der Waals surface area contributed by atoms with Crippen LogP contribution in [-0.2, 0) is 4.79 Å². The number of aromatic hydroxyl groups is 1. The summed E-state index contributed by atoms with van der Waals surface area (Å²) in [4.78, 5) is 10.8. The second kappa shape index (κ2) is 7.21. The molecule has 0 spiro atoms. The van der Waals surface area contributed by atoms with Crippen molar-refractivity contribution in [3.8, 4) is 11.5 Å². The lowest BCUT2D eigenvalue weighted by atomic mass is 10.1. The summed E-state index contributed by atoms with van der Waals surface area (Å²) in [6.07, 6.45) is -0.973. The molecule has 0 aliphatic heterocycles. The summed E-state index contributed by atoms with van der Waals surface area (Å²) in [5.41, 5.74) is 0. The van der Waals surface area contributed by atoms with E-state index in [0.717, 1.165) is 6.07 Å². The van der Waals surface area contributed by atoms with E-state index in [2.05, 4.69) is 4.74 Å². The fourth-order valence-electron chi connectivity index (χ4n) is 1.50. The van der Waals surface area contributed by atoms with Crippen LogP contribution in [0.1, 0.15) is 0 Å². The van der Waals surface area contributed by atoms with Crippen LogP contribution in [0.4, 0.5) is 13.2 Å². The van der Waals surface area contributed by atoms with E-state index in [1.54, 1.807) is 23.9 Å². The van der Waals surface area contributed by atoms with Crippen LogP contribution in [0.25, 0.3) is 10.8 Å². The summed E-state index contributed by atoms with van der Waals surface area (Å²) >= 11 is 1.75. The molecular formula is C14H13F3O3S. The first-order valence-electron chi connectivity index (χ1n) is 5.71. The Labute approximate surface area is 123 Å². The smallest absolute Gasteiger partial charge is 0.491 e. The van der Waals surface area contributed by atoms with Gasteiger partial charge in [-0.15, -0.1) is 0 Å². The molecule has 0 aliphatic carbocycles. The van der Waals surface area contributed by atoms with Gasteiger partial charge in [-0.2, -0.15) is 24.9 Å². The lowest BCUT2D eigenvalue weighted by Crippen LogP contribution is -2.28. The van der Waals surface area contributed by atoms with Crippen molar-refractivity contribution in [1.29, 1.82) is 0 Å². The number of fused-ring (bicyclic) bond motifs is 1. The monoisotopic (exact) mass is 318 g/mol. The topological polar surface area (TPSA) is 46.5 Å². The van der Waals surface area contributed by atoms with Gasteiger partial charge in [-0.25, -0.2) is 4.79 Å². The average Bonchev–Trinajstić information content (AvgIpc) is 2.42. The Morgan fingerprint density at radius 1 is 1.10 bits per heavy atom. The van der Waals surface area contributed by atoms with Crippen molar-refractivity contribution in [3.63, 3.8) is 0 Å². The van der Waals surface area contributed by atoms with Gasteiger partial charge in [0.2, 0.25) is 0 Å². The molecule has 0 aliphatic rings. The van der Waals surface area contributed by atoms with Crippen LogP contribution in [0.15, 0.2) is 36.4 Å². The van der Waals surface area contributed by atoms with Crippen LogP contribution in [0.3, 0.4) is 0 Å². The van der Waals surface area contributed by atoms with Crippen molar-refractivity contribution in [2.45, 2.75) is 6.18 Å². The molecule has 7 heteroatoms. The predicted molar refractivity (Wildman–Crippen MR) is 76.7 cm³/mol. The first kappa shape index (κ1) is 17.2. The molecule has 2 rings (SSSR count). The summed E-state index contributed by atoms with van der Waals surface area (Å²) in [6, 6.07) is 8.41. The van der Waals surface area contributed by atoms with E-state index in [0.29, 0.717) is 5.39 Å². The van der Waals surface area contributed by atoms with E-state index >= 15 is 0 Å². The number of ether oxygens (including phenoxy) is 1. The minimum atomic E-state index is -5.06. The van der Waals surface area contributed by atoms with Crippen LogP contribution >= 0.6 is 11.8 Å². The van der Waals surface area contributed by atoms with Gasteiger partial charge in [0.05, 0.1) is 0 Å². The number of phenolic OH excluding ortho intramolecular Hbond substituents is 1. The lowest BCUT2D eigenvalue weighted by Gasteiger charge is -2.10. The van der Waals surface area contributed by atoms with E-state index in [-0.39, 0.29) is 16.9 Å². The van der Waals surface area contributed by atoms with Crippen LogP contribution in [0.2, 0.25) is 0 Å². The normalized spacial score (nSPS) is 10.7. The first-order chi connectivity index (χ1) is 9.81. The molecule has 0 radical (unpaired) electrons. The molecule has 0 amide bonds. The minimum Gasteiger partial charge on any atom is -0.507 e. The number of carbonyl (C=O) groups is 1. The van der Waals surface area contributed by atoms with Gasteiger partial charge in [0.1, 0.15) is 11.5 Å². The highest BCUT2D eigenvalue weighted by Gasteiger charge is 2.41. The fraction of sp³-hybridized carbons (Fsp3) is 0.214. The van der Waals surface area contributed by atoms with E-state index < -0.39 is 12.1 Å². The quantitative estimate of drug-likeness (QED) is 0.638. The van der Waals surface area contributed by atoms with E-state index in [9.17, 15) is 23.1 Å². The molecule has 1 N–H and O–H groups in total. The van der Waals surface area contributed by atoms with Gasteiger partial charge in [0.15, 0.2) is 0 Å². The zero-order valence-electron chi connectivity index (χ0n) is 11.3. The van der Waals surface area contributed by atoms with E-state index in [4.69, 9.17) is 0 Å². The molecule has 0 saturated heterocycles. The number of benzene rings is 2. The van der Waals surface area contributed by atoms with Crippen LogP contribution in [-0.4, -0.2) is 29.8 Å². The zero-order valence-corrected chi connectivity index (χ0v) is 12.1. The van der Waals surface area contributed by atoms with Gasteiger partial charge in [0, 0.05) is 10.8 Å². The second-order valence-electron chi connectivity index (χ2n) is 3.92. The van der Waals surface area contributed by atoms with Gasteiger partial charge in [-0.05, 0) is 24.6 Å². The Balaban J connectivity index is 0.000000677. The number of rotatable bonds is 1. The van der Waals surface area contributed by atoms with Gasteiger partial charge >= 0.3 is 12.1 Å². The lowest BCUT2D eigenvalue weighted by molar-refractivity contribution is -0.189. The maximum Gasteiger partial charge on any atom is 0.491 e. The Bertz CT molecular complexity index is 626. The molecule has 0 fully saturated rings. The van der Waals surface area contributed by atoms with Crippen LogP contribution in [0.5, 0.6) is 11.5 Å². The third-order valence-corrected chi connectivity index (χ3v) is 2.30. The van der Waals surface area contributed by atoms with Gasteiger partial charge < -0.3 is 9.84 Å². The Kier molecular flexibility index (Phi) is 5.90. The highest BCUT2D eigenvalue weighted by atomic mass is 32.2. The fourth-order valence-corrected chi connectivity index (χ4v) is 1.50. The van der Waals surface area contributed by atoms with Crippen LogP contribution in [0, 0.1) is 0 Å². The summed E-state index contributed by atoms with van der Waals surface area (Å²) in [5.74, 6) is -2.64. The standard InChI is InChI=1S/C12H7F3O3.C2H6S/c13-12(14,15)11(17)18-10-6-5-9(16)7-3-1-2-4-8(7)10;1-3-2/h1-6,16H;1-2H3. The third kappa shape index (κ3) is 4.56. The van der Waals surface area contributed by atoms with E-state index in [1.165, 1.54) is 18.2 Å². The predicted octanol–water partition coefficient (Wildman–Crippen LogP) is 3.99. The maximum absolute atomic E-state index is 12.1. The number of phenols is 1. The Hall–Kier alpha value is -1.89. The maximum atomic E-state index is 12.1. The molecule has 0 aromatic heterocycles. The summed E-state index contributed by atoms with van der Waals surface area (Å²) in [5, 5.41) is 10.1. The molecule has 21 heavy (non-hydrogen) atoms. The Morgan fingerprint density at radius 2 is 1.62 bits per heavy atom. The van der Waals surface area contributed by atoms with Crippen molar-refractivity contribution < 1.29 is 27.8 Å². The molecule has 2 aromatic rings. The highest BCUT2D eigenvalue weighted by Crippen LogP contribution is 2.33. The van der Waals surface area contributed by atoms with Gasteiger partial charge in [-0.3, -0.25) is 0 Å². The number of thioether (sulfide) groups is 1. The molecule has 0 heterocycles. The van der Waals surface area contributed by atoms with Crippen molar-refractivity contribution in [1.82, 2.24) is 0 Å². The Morgan fingerprint density at radius 3 is 2.14 bits per heavy atom. The van der Waals surface area contributed by atoms with Crippen molar-refractivity contribution in [2.75, 3.05) is 12.5 Å². The minimum absolute atomic E-state index is 0.0996. The molecule has 0 bridgehead atoms.